The van der Waals surface area contributed by atoms with Crippen LogP contribution in [0.2, 0.25) is 0 Å². The van der Waals surface area contributed by atoms with E-state index in [0.29, 0.717) is 30.8 Å². The first kappa shape index (κ1) is 18.5. The largest absolute Gasteiger partial charge is 0.480 e. The second-order valence-electron chi connectivity index (χ2n) is 6.69. The maximum atomic E-state index is 12.9. The molecule has 10 nitrogen and oxygen atoms in total. The minimum atomic E-state index is -1.04. The lowest BCUT2D eigenvalue weighted by atomic mass is 9.92. The maximum Gasteiger partial charge on any atom is 0.326 e. The number of nitro groups is 1. The van der Waals surface area contributed by atoms with E-state index in [1.165, 1.54) is 27.8 Å². The standard InChI is InChI=1S/C17H19N5O5/c1-10-6-7-20(14(8-10)17(24)25)16(23)15-11(2)21(19-18-15)12-4-3-5-13(9-12)22(26)27/h3-5,9-10,14H,6-8H2,1-2H3,(H,24,25). The Morgan fingerprint density at radius 3 is 2.78 bits per heavy atom. The Morgan fingerprint density at radius 2 is 2.11 bits per heavy atom. The number of piperidine rings is 1. The number of hydrogen-bond acceptors (Lipinski definition) is 6. The van der Waals surface area contributed by atoms with Gasteiger partial charge in [0.25, 0.3) is 11.6 Å². The van der Waals surface area contributed by atoms with Crippen LogP contribution in [0.15, 0.2) is 24.3 Å². The number of nitrogens with zero attached hydrogens (tertiary/aromatic N) is 5. The number of benzene rings is 1. The van der Waals surface area contributed by atoms with Gasteiger partial charge in [0.05, 0.1) is 16.3 Å². The molecule has 1 amide bonds. The Balaban J connectivity index is 1.93. The second-order valence-corrected chi connectivity index (χ2v) is 6.69. The minimum Gasteiger partial charge on any atom is -0.480 e. The highest BCUT2D eigenvalue weighted by molar-refractivity contribution is 5.96. The molecule has 10 heteroatoms. The summed E-state index contributed by atoms with van der Waals surface area (Å²) in [5, 5.41) is 28.3. The van der Waals surface area contributed by atoms with Crippen molar-refractivity contribution in [2.75, 3.05) is 6.54 Å². The van der Waals surface area contributed by atoms with E-state index in [1.807, 2.05) is 6.92 Å². The van der Waals surface area contributed by atoms with E-state index in [1.54, 1.807) is 13.0 Å². The summed E-state index contributed by atoms with van der Waals surface area (Å²) in [4.78, 5) is 36.2. The third-order valence-corrected chi connectivity index (χ3v) is 4.79. The Kier molecular flexibility index (Phi) is 4.89. The number of aliphatic carboxylic acids is 1. The average molecular weight is 373 g/mol. The van der Waals surface area contributed by atoms with Crippen molar-refractivity contribution in [2.45, 2.75) is 32.7 Å². The molecule has 0 aliphatic carbocycles. The lowest BCUT2D eigenvalue weighted by Gasteiger charge is -2.35. The lowest BCUT2D eigenvalue weighted by molar-refractivity contribution is -0.384. The fourth-order valence-corrected chi connectivity index (χ4v) is 3.27. The van der Waals surface area contributed by atoms with Crippen LogP contribution in [-0.2, 0) is 4.79 Å². The predicted molar refractivity (Wildman–Crippen MR) is 93.6 cm³/mol. The molecule has 0 radical (unpaired) electrons. The summed E-state index contributed by atoms with van der Waals surface area (Å²) in [5.74, 6) is -1.32. The Morgan fingerprint density at radius 1 is 1.37 bits per heavy atom. The Bertz CT molecular complexity index is 909. The minimum absolute atomic E-state index is 0.0438. The molecular weight excluding hydrogens is 354 g/mol. The molecular formula is C17H19N5O5. The number of carbonyl (C=O) groups is 2. The van der Waals surface area contributed by atoms with Gasteiger partial charge >= 0.3 is 5.97 Å². The lowest BCUT2D eigenvalue weighted by Crippen LogP contribution is -2.50. The van der Waals surface area contributed by atoms with Crippen molar-refractivity contribution < 1.29 is 19.6 Å². The molecule has 1 aliphatic rings. The Hall–Kier alpha value is -3.30. The monoisotopic (exact) mass is 373 g/mol. The van der Waals surface area contributed by atoms with Gasteiger partial charge in [0.1, 0.15) is 6.04 Å². The van der Waals surface area contributed by atoms with Crippen LogP contribution in [0.5, 0.6) is 0 Å². The number of likely N-dealkylation sites (tertiary alicyclic amines) is 1. The summed E-state index contributed by atoms with van der Waals surface area (Å²) in [6.45, 7) is 3.91. The smallest absolute Gasteiger partial charge is 0.326 e. The maximum absolute atomic E-state index is 12.9. The molecule has 2 heterocycles. The molecule has 2 aromatic rings. The summed E-state index contributed by atoms with van der Waals surface area (Å²) in [5.41, 5.74) is 0.729. The number of amides is 1. The molecule has 1 fully saturated rings. The number of carboxylic acid groups (broad SMARTS) is 1. The first-order valence-corrected chi connectivity index (χ1v) is 8.50. The van der Waals surface area contributed by atoms with Crippen molar-refractivity contribution in [3.63, 3.8) is 0 Å². The number of carbonyl (C=O) groups excluding carboxylic acids is 1. The summed E-state index contributed by atoms with van der Waals surface area (Å²) >= 11 is 0. The zero-order valence-electron chi connectivity index (χ0n) is 14.9. The molecule has 1 aliphatic heterocycles. The van der Waals surface area contributed by atoms with Crippen LogP contribution >= 0.6 is 0 Å². The van der Waals surface area contributed by atoms with Crippen molar-refractivity contribution in [2.24, 2.45) is 5.92 Å². The van der Waals surface area contributed by atoms with Gasteiger partial charge in [0.2, 0.25) is 0 Å². The van der Waals surface area contributed by atoms with Gasteiger partial charge < -0.3 is 10.0 Å². The van der Waals surface area contributed by atoms with Crippen LogP contribution in [-0.4, -0.2) is 54.4 Å². The van der Waals surface area contributed by atoms with Crippen molar-refractivity contribution in [3.05, 3.63) is 45.8 Å². The van der Waals surface area contributed by atoms with Gasteiger partial charge in [-0.25, -0.2) is 9.48 Å². The highest BCUT2D eigenvalue weighted by Gasteiger charge is 2.37. The van der Waals surface area contributed by atoms with E-state index in [0.717, 1.165) is 0 Å². The highest BCUT2D eigenvalue weighted by Crippen LogP contribution is 2.25. The van der Waals surface area contributed by atoms with Gasteiger partial charge in [-0.2, -0.15) is 0 Å². The topological polar surface area (TPSA) is 131 Å². The van der Waals surface area contributed by atoms with Crippen LogP contribution in [0.1, 0.15) is 35.9 Å². The molecule has 0 spiro atoms. The van der Waals surface area contributed by atoms with E-state index in [2.05, 4.69) is 10.3 Å². The van der Waals surface area contributed by atoms with Crippen molar-refractivity contribution >= 4 is 17.6 Å². The SMILES string of the molecule is Cc1c(C(=O)N2CCC(C)CC2C(=O)O)nnn1-c1cccc([N+](=O)[O-])c1. The molecule has 142 valence electrons. The fraction of sp³-hybridized carbons (Fsp3) is 0.412. The molecule has 2 unspecified atom stereocenters. The molecule has 2 atom stereocenters. The van der Waals surface area contributed by atoms with E-state index >= 15 is 0 Å². The summed E-state index contributed by atoms with van der Waals surface area (Å²) in [7, 11) is 0. The van der Waals surface area contributed by atoms with E-state index in [9.17, 15) is 24.8 Å². The van der Waals surface area contributed by atoms with Gasteiger partial charge in [-0.1, -0.05) is 18.2 Å². The van der Waals surface area contributed by atoms with Crippen LogP contribution in [0.3, 0.4) is 0 Å². The van der Waals surface area contributed by atoms with Crippen molar-refractivity contribution in [1.82, 2.24) is 19.9 Å². The number of hydrogen-bond donors (Lipinski definition) is 1. The third-order valence-electron chi connectivity index (χ3n) is 4.79. The molecule has 1 aromatic carbocycles. The van der Waals surface area contributed by atoms with Gasteiger partial charge in [-0.05, 0) is 31.7 Å². The molecule has 0 bridgehead atoms. The predicted octanol–water partition coefficient (Wildman–Crippen LogP) is 1.81. The number of nitro benzene ring substituents is 1. The number of rotatable bonds is 4. The third kappa shape index (κ3) is 3.50. The van der Waals surface area contributed by atoms with Crippen molar-refractivity contribution in [1.29, 1.82) is 0 Å². The summed E-state index contributed by atoms with van der Waals surface area (Å²) in [6.07, 6.45) is 1.10. The van der Waals surface area contributed by atoms with E-state index in [4.69, 9.17) is 0 Å². The van der Waals surface area contributed by atoms with E-state index < -0.39 is 22.8 Å². The molecule has 3 rings (SSSR count). The molecule has 1 saturated heterocycles. The van der Waals surface area contributed by atoms with Crippen LogP contribution in [0.4, 0.5) is 5.69 Å². The van der Waals surface area contributed by atoms with Crippen LogP contribution in [0.25, 0.3) is 5.69 Å². The normalized spacial score (nSPS) is 19.7. The summed E-state index contributed by atoms with van der Waals surface area (Å²) in [6, 6.07) is 4.92. The average Bonchev–Trinajstić information content (AvgIpc) is 3.02. The van der Waals surface area contributed by atoms with Gasteiger partial charge in [0, 0.05) is 18.7 Å². The highest BCUT2D eigenvalue weighted by atomic mass is 16.6. The fourth-order valence-electron chi connectivity index (χ4n) is 3.27. The van der Waals surface area contributed by atoms with Crippen LogP contribution in [0, 0.1) is 23.0 Å². The zero-order chi connectivity index (χ0) is 19.7. The molecule has 0 saturated carbocycles. The second kappa shape index (κ2) is 7.14. The van der Waals surface area contributed by atoms with Crippen LogP contribution < -0.4 is 0 Å². The first-order chi connectivity index (χ1) is 12.8. The van der Waals surface area contributed by atoms with E-state index in [-0.39, 0.29) is 17.3 Å². The quantitative estimate of drug-likeness (QED) is 0.638. The Labute approximate surface area is 154 Å². The number of carboxylic acids is 1. The number of aromatic nitrogens is 3. The van der Waals surface area contributed by atoms with Gasteiger partial charge in [-0.15, -0.1) is 5.10 Å². The first-order valence-electron chi connectivity index (χ1n) is 8.50. The molecule has 1 aromatic heterocycles. The van der Waals surface area contributed by atoms with Gasteiger partial charge in [0.15, 0.2) is 5.69 Å². The van der Waals surface area contributed by atoms with Crippen molar-refractivity contribution in [3.8, 4) is 5.69 Å². The zero-order valence-corrected chi connectivity index (χ0v) is 14.9. The molecule has 1 N–H and O–H groups in total. The van der Waals surface area contributed by atoms with Gasteiger partial charge in [-0.3, -0.25) is 14.9 Å². The molecule has 27 heavy (non-hydrogen) atoms. The number of non-ortho nitro benzene ring substituents is 1. The summed E-state index contributed by atoms with van der Waals surface area (Å²) < 4.78 is 1.34.